The number of allylic oxidation sites excluding steroid dienone is 2. The van der Waals surface area contributed by atoms with E-state index in [1.807, 2.05) is 25.1 Å². The summed E-state index contributed by atoms with van der Waals surface area (Å²) < 4.78 is 4.82. The van der Waals surface area contributed by atoms with Crippen LogP contribution in [0, 0.1) is 0 Å². The highest BCUT2D eigenvalue weighted by Crippen LogP contribution is 2.28. The van der Waals surface area contributed by atoms with Gasteiger partial charge in [-0.3, -0.25) is 4.79 Å². The van der Waals surface area contributed by atoms with Gasteiger partial charge in [0.15, 0.2) is 0 Å². The van der Waals surface area contributed by atoms with Crippen molar-refractivity contribution >= 4 is 39.6 Å². The third kappa shape index (κ3) is 7.76. The minimum atomic E-state index is -0.707. The van der Waals surface area contributed by atoms with Crippen LogP contribution in [0.1, 0.15) is 29.3 Å². The topological polar surface area (TPSA) is 81.4 Å². The summed E-state index contributed by atoms with van der Waals surface area (Å²) in [4.78, 5) is 24.5. The highest BCUT2D eigenvalue weighted by atomic mass is 79.9. The van der Waals surface area contributed by atoms with Gasteiger partial charge < -0.3 is 15.8 Å². The van der Waals surface area contributed by atoms with Crippen LogP contribution in [0.4, 0.5) is 0 Å². The third-order valence-corrected chi connectivity index (χ3v) is 5.04. The number of carbonyl (C=O) groups excluding carboxylic acids is 2. The monoisotopic (exact) mass is 440 g/mol. The number of halogens is 1. The normalized spacial score (nSPS) is 13.6. The van der Waals surface area contributed by atoms with Crippen molar-refractivity contribution in [1.82, 2.24) is 5.32 Å². The molecule has 3 N–H and O–H groups in total. The van der Waals surface area contributed by atoms with Crippen molar-refractivity contribution < 1.29 is 14.3 Å². The average molecular weight is 441 g/mol. The van der Waals surface area contributed by atoms with Crippen LogP contribution in [-0.2, 0) is 16.0 Å². The third-order valence-electron chi connectivity index (χ3n) is 3.46. The number of hydrogen-bond acceptors (Lipinski definition) is 5. The zero-order chi connectivity index (χ0) is 19.5. The number of ether oxygens (including phenoxy) is 1. The molecule has 0 bridgehead atoms. The van der Waals surface area contributed by atoms with E-state index in [4.69, 9.17) is 5.73 Å². The molecule has 2 atom stereocenters. The minimum Gasteiger partial charge on any atom is -0.465 e. The molecule has 0 heterocycles. The fourth-order valence-electron chi connectivity index (χ4n) is 2.13. The number of amides is 1. The SMILES string of the molecule is C=CC/C=C(\SC(C)Br)C(N)C(=O)NCCc1ccc(C(=O)OC)cc1. The van der Waals surface area contributed by atoms with Crippen LogP contribution in [0.3, 0.4) is 0 Å². The van der Waals surface area contributed by atoms with Gasteiger partial charge in [-0.1, -0.05) is 40.2 Å². The number of thioether (sulfide) groups is 1. The second-order valence-corrected chi connectivity index (χ2v) is 8.89. The van der Waals surface area contributed by atoms with Crippen LogP contribution in [0.5, 0.6) is 0 Å². The van der Waals surface area contributed by atoms with E-state index in [-0.39, 0.29) is 16.0 Å². The van der Waals surface area contributed by atoms with Gasteiger partial charge in [0.2, 0.25) is 5.91 Å². The maximum absolute atomic E-state index is 12.3. The first kappa shape index (κ1) is 22.5. The number of esters is 1. The van der Waals surface area contributed by atoms with E-state index in [1.165, 1.54) is 18.9 Å². The first-order valence-corrected chi connectivity index (χ1v) is 10.0. The molecular weight excluding hydrogens is 416 g/mol. The molecule has 2 unspecified atom stereocenters. The molecule has 0 aliphatic carbocycles. The second-order valence-electron chi connectivity index (χ2n) is 5.50. The number of alkyl halides is 1. The largest absolute Gasteiger partial charge is 0.465 e. The molecular formula is C19H25BrN2O3S. The number of carbonyl (C=O) groups is 2. The lowest BCUT2D eigenvalue weighted by atomic mass is 10.1. The van der Waals surface area contributed by atoms with Crippen LogP contribution in [0.15, 0.2) is 47.9 Å². The van der Waals surface area contributed by atoms with Crippen molar-refractivity contribution in [3.63, 3.8) is 0 Å². The molecule has 0 aromatic heterocycles. The zero-order valence-corrected chi connectivity index (χ0v) is 17.4. The fourth-order valence-corrected chi connectivity index (χ4v) is 3.60. The molecule has 1 aromatic rings. The van der Waals surface area contributed by atoms with E-state index in [9.17, 15) is 9.59 Å². The smallest absolute Gasteiger partial charge is 0.337 e. The molecule has 0 radical (unpaired) electrons. The summed E-state index contributed by atoms with van der Waals surface area (Å²) in [7, 11) is 1.35. The molecule has 1 rings (SSSR count). The van der Waals surface area contributed by atoms with Crippen molar-refractivity contribution in [3.05, 3.63) is 59.0 Å². The zero-order valence-electron chi connectivity index (χ0n) is 15.0. The Morgan fingerprint density at radius 3 is 2.58 bits per heavy atom. The molecule has 26 heavy (non-hydrogen) atoms. The maximum atomic E-state index is 12.3. The quantitative estimate of drug-likeness (QED) is 0.331. The summed E-state index contributed by atoms with van der Waals surface area (Å²) >= 11 is 4.98. The van der Waals surface area contributed by atoms with Crippen LogP contribution >= 0.6 is 27.7 Å². The lowest BCUT2D eigenvalue weighted by molar-refractivity contribution is -0.121. The molecule has 0 aliphatic heterocycles. The van der Waals surface area contributed by atoms with E-state index in [0.717, 1.165) is 10.5 Å². The molecule has 1 amide bonds. The van der Waals surface area contributed by atoms with Gasteiger partial charge in [0, 0.05) is 11.4 Å². The molecule has 0 aliphatic rings. The Kier molecular flexibility index (Phi) is 10.3. The highest BCUT2D eigenvalue weighted by molar-refractivity contribution is 9.11. The number of rotatable bonds is 10. The maximum Gasteiger partial charge on any atom is 0.337 e. The van der Waals surface area contributed by atoms with Crippen molar-refractivity contribution in [2.24, 2.45) is 5.73 Å². The van der Waals surface area contributed by atoms with Crippen LogP contribution in [0.25, 0.3) is 0 Å². The molecule has 142 valence electrons. The Hall–Kier alpha value is -1.57. The Balaban J connectivity index is 2.56. The van der Waals surface area contributed by atoms with Crippen molar-refractivity contribution in [2.45, 2.75) is 30.0 Å². The first-order valence-electron chi connectivity index (χ1n) is 8.21. The molecule has 0 fully saturated rings. The Morgan fingerprint density at radius 2 is 2.04 bits per heavy atom. The summed E-state index contributed by atoms with van der Waals surface area (Å²) in [5.41, 5.74) is 7.60. The van der Waals surface area contributed by atoms with E-state index in [2.05, 4.69) is 32.6 Å². The molecule has 1 aromatic carbocycles. The predicted molar refractivity (Wildman–Crippen MR) is 111 cm³/mol. The summed E-state index contributed by atoms with van der Waals surface area (Å²) in [6.45, 7) is 6.13. The summed E-state index contributed by atoms with van der Waals surface area (Å²) in [6, 6.07) is 6.39. The fraction of sp³-hybridized carbons (Fsp3) is 0.368. The van der Waals surface area contributed by atoms with E-state index < -0.39 is 6.04 Å². The predicted octanol–water partition coefficient (Wildman–Crippen LogP) is 3.39. The van der Waals surface area contributed by atoms with Crippen molar-refractivity contribution in [2.75, 3.05) is 13.7 Å². The molecule has 5 nitrogen and oxygen atoms in total. The van der Waals surface area contributed by atoms with Gasteiger partial charge in [0.05, 0.1) is 16.8 Å². The molecule has 0 spiro atoms. The van der Waals surface area contributed by atoms with Gasteiger partial charge in [-0.25, -0.2) is 4.79 Å². The Morgan fingerprint density at radius 1 is 1.38 bits per heavy atom. The number of nitrogens with two attached hydrogens (primary N) is 1. The Labute approximate surface area is 167 Å². The Bertz CT molecular complexity index is 645. The number of benzene rings is 1. The van der Waals surface area contributed by atoms with E-state index in [1.54, 1.807) is 18.2 Å². The van der Waals surface area contributed by atoms with E-state index in [0.29, 0.717) is 24.9 Å². The average Bonchev–Trinajstić information content (AvgIpc) is 2.64. The highest BCUT2D eigenvalue weighted by Gasteiger charge is 2.19. The summed E-state index contributed by atoms with van der Waals surface area (Å²) in [5.74, 6) is -0.583. The van der Waals surface area contributed by atoms with Gasteiger partial charge in [-0.2, -0.15) is 0 Å². The van der Waals surface area contributed by atoms with Crippen molar-refractivity contribution in [1.29, 1.82) is 0 Å². The molecule has 0 saturated carbocycles. The summed E-state index contributed by atoms with van der Waals surface area (Å²) in [5, 5.41) is 2.86. The lowest BCUT2D eigenvalue weighted by Crippen LogP contribution is -2.42. The van der Waals surface area contributed by atoms with E-state index >= 15 is 0 Å². The molecule has 7 heteroatoms. The van der Waals surface area contributed by atoms with Gasteiger partial charge >= 0.3 is 5.97 Å². The van der Waals surface area contributed by atoms with Gasteiger partial charge in [-0.15, -0.1) is 18.3 Å². The number of methoxy groups -OCH3 is 1. The van der Waals surface area contributed by atoms with Gasteiger partial charge in [0.1, 0.15) is 6.04 Å². The van der Waals surface area contributed by atoms with Gasteiger partial charge in [0.25, 0.3) is 0 Å². The number of nitrogens with one attached hydrogen (secondary N) is 1. The van der Waals surface area contributed by atoms with Crippen LogP contribution in [0.2, 0.25) is 0 Å². The molecule has 0 saturated heterocycles. The van der Waals surface area contributed by atoms with Crippen LogP contribution in [-0.4, -0.2) is 35.7 Å². The second kappa shape index (κ2) is 11.9. The van der Waals surface area contributed by atoms with Crippen molar-refractivity contribution in [3.8, 4) is 0 Å². The first-order chi connectivity index (χ1) is 12.4. The summed E-state index contributed by atoms with van der Waals surface area (Å²) in [6.07, 6.45) is 5.00. The lowest BCUT2D eigenvalue weighted by Gasteiger charge is -2.17. The number of hydrogen-bond donors (Lipinski definition) is 2. The van der Waals surface area contributed by atoms with Gasteiger partial charge in [-0.05, 0) is 37.5 Å². The van der Waals surface area contributed by atoms with Crippen LogP contribution < -0.4 is 11.1 Å². The minimum absolute atomic E-state index is 0.158. The standard InChI is InChI=1S/C19H25BrN2O3S/c1-4-5-6-16(26-13(2)20)17(21)18(23)22-12-11-14-7-9-15(10-8-14)19(24)25-3/h4,6-10,13,17H,1,5,11-12,21H2,2-3H3,(H,22,23)/b16-6-.